The Hall–Kier alpha value is -1.80. The monoisotopic (exact) mass is 456 g/mol. The van der Waals surface area contributed by atoms with Gasteiger partial charge in [0.2, 0.25) is 10.0 Å². The van der Waals surface area contributed by atoms with E-state index in [1.807, 2.05) is 0 Å². The fraction of sp³-hybridized carbons (Fsp3) is 0.350. The van der Waals surface area contributed by atoms with Crippen molar-refractivity contribution in [2.75, 3.05) is 26.2 Å². The fourth-order valence-corrected chi connectivity index (χ4v) is 5.28. The third kappa shape index (κ3) is 5.42. The minimum Gasteiger partial charge on any atom is -0.490 e. The van der Waals surface area contributed by atoms with Crippen LogP contribution in [0.2, 0.25) is 10.0 Å². The number of halogens is 2. The second kappa shape index (κ2) is 9.80. The first-order chi connectivity index (χ1) is 13.9. The average Bonchev–Trinajstić information content (AvgIpc) is 2.73. The van der Waals surface area contributed by atoms with Crippen molar-refractivity contribution >= 4 is 39.1 Å². The van der Waals surface area contributed by atoms with Crippen LogP contribution in [-0.4, -0.2) is 44.9 Å². The van der Waals surface area contributed by atoms with Gasteiger partial charge in [0.15, 0.2) is 0 Å². The molecule has 0 saturated carbocycles. The average molecular weight is 457 g/mol. The van der Waals surface area contributed by atoms with Crippen LogP contribution in [0.3, 0.4) is 0 Å². The minimum absolute atomic E-state index is 0.0407. The summed E-state index contributed by atoms with van der Waals surface area (Å²) in [4.78, 5) is 12.4. The number of amides is 1. The maximum absolute atomic E-state index is 12.9. The van der Waals surface area contributed by atoms with Crippen molar-refractivity contribution in [1.82, 2.24) is 9.62 Å². The molecule has 1 saturated heterocycles. The largest absolute Gasteiger partial charge is 0.490 e. The number of hydrogen-bond acceptors (Lipinski definition) is 4. The molecule has 1 heterocycles. The summed E-state index contributed by atoms with van der Waals surface area (Å²) < 4.78 is 32.8. The van der Waals surface area contributed by atoms with E-state index in [0.29, 0.717) is 23.9 Å². The van der Waals surface area contributed by atoms with Gasteiger partial charge in [0.25, 0.3) is 5.91 Å². The van der Waals surface area contributed by atoms with Crippen LogP contribution in [0, 0.1) is 0 Å². The molecule has 9 heteroatoms. The van der Waals surface area contributed by atoms with E-state index in [-0.39, 0.29) is 28.6 Å². The molecule has 29 heavy (non-hydrogen) atoms. The molecule has 0 radical (unpaired) electrons. The summed E-state index contributed by atoms with van der Waals surface area (Å²) >= 11 is 12.2. The summed E-state index contributed by atoms with van der Waals surface area (Å²) in [5.41, 5.74) is 0.225. The van der Waals surface area contributed by atoms with Crippen LogP contribution < -0.4 is 10.1 Å². The summed E-state index contributed by atoms with van der Waals surface area (Å²) in [6.07, 6.45) is 2.66. The van der Waals surface area contributed by atoms with Gasteiger partial charge in [-0.05, 0) is 43.2 Å². The van der Waals surface area contributed by atoms with Gasteiger partial charge in [0.05, 0.1) is 16.6 Å². The van der Waals surface area contributed by atoms with Gasteiger partial charge in [-0.1, -0.05) is 41.8 Å². The molecule has 0 bridgehead atoms. The van der Waals surface area contributed by atoms with Crippen molar-refractivity contribution in [3.63, 3.8) is 0 Å². The van der Waals surface area contributed by atoms with Gasteiger partial charge in [-0.25, -0.2) is 8.42 Å². The normalized spacial score (nSPS) is 15.1. The van der Waals surface area contributed by atoms with Gasteiger partial charge < -0.3 is 10.1 Å². The second-order valence-electron chi connectivity index (χ2n) is 6.64. The molecule has 0 aromatic heterocycles. The lowest BCUT2D eigenvalue weighted by molar-refractivity contribution is 0.0947. The highest BCUT2D eigenvalue weighted by molar-refractivity contribution is 7.89. The highest BCUT2D eigenvalue weighted by Gasteiger charge is 2.28. The quantitative estimate of drug-likeness (QED) is 0.639. The maximum Gasteiger partial charge on any atom is 0.251 e. The van der Waals surface area contributed by atoms with Crippen LogP contribution in [0.1, 0.15) is 29.6 Å². The summed E-state index contributed by atoms with van der Waals surface area (Å²) in [7, 11) is -3.73. The molecule has 0 atom stereocenters. The molecular formula is C20H22Cl2N2O4S. The van der Waals surface area contributed by atoms with E-state index in [1.54, 1.807) is 24.3 Å². The van der Waals surface area contributed by atoms with Crippen molar-refractivity contribution in [2.24, 2.45) is 0 Å². The van der Waals surface area contributed by atoms with Gasteiger partial charge >= 0.3 is 0 Å². The smallest absolute Gasteiger partial charge is 0.251 e. The lowest BCUT2D eigenvalue weighted by Gasteiger charge is -2.26. The van der Waals surface area contributed by atoms with E-state index < -0.39 is 15.9 Å². The summed E-state index contributed by atoms with van der Waals surface area (Å²) in [5.74, 6) is 0.129. The number of carbonyl (C=O) groups excluding carboxylic acids is 1. The van der Waals surface area contributed by atoms with Gasteiger partial charge in [-0.2, -0.15) is 4.31 Å². The van der Waals surface area contributed by atoms with Crippen molar-refractivity contribution in [3.05, 3.63) is 58.1 Å². The number of rotatable bonds is 7. The van der Waals surface area contributed by atoms with Crippen molar-refractivity contribution < 1.29 is 17.9 Å². The van der Waals surface area contributed by atoms with E-state index in [0.717, 1.165) is 19.3 Å². The topological polar surface area (TPSA) is 75.7 Å². The predicted octanol–water partition coefficient (Wildman–Crippen LogP) is 3.98. The lowest BCUT2D eigenvalue weighted by Crippen LogP contribution is -2.36. The predicted molar refractivity (Wildman–Crippen MR) is 113 cm³/mol. The van der Waals surface area contributed by atoms with Crippen LogP contribution in [0.5, 0.6) is 5.75 Å². The Morgan fingerprint density at radius 3 is 2.48 bits per heavy atom. The standard InChI is InChI=1S/C20H22Cl2N2O4S/c21-16-6-2-3-7-18(16)28-13-10-23-20(25)15-8-9-17(22)19(14-15)29(26,27)24-11-4-1-5-12-24/h2-3,6-9,14H,1,4-5,10-13H2,(H,23,25). The number of benzene rings is 2. The van der Waals surface area contributed by atoms with Crippen LogP contribution in [0.25, 0.3) is 0 Å². The first-order valence-electron chi connectivity index (χ1n) is 9.35. The fourth-order valence-electron chi connectivity index (χ4n) is 3.08. The highest BCUT2D eigenvalue weighted by Crippen LogP contribution is 2.28. The van der Waals surface area contributed by atoms with Crippen molar-refractivity contribution in [1.29, 1.82) is 0 Å². The molecule has 2 aromatic rings. The van der Waals surface area contributed by atoms with E-state index in [9.17, 15) is 13.2 Å². The molecule has 2 aromatic carbocycles. The second-order valence-corrected chi connectivity index (χ2v) is 9.37. The number of nitrogens with one attached hydrogen (secondary N) is 1. The van der Waals surface area contributed by atoms with Crippen LogP contribution in [0.15, 0.2) is 47.4 Å². The van der Waals surface area contributed by atoms with E-state index in [4.69, 9.17) is 27.9 Å². The number of hydrogen-bond donors (Lipinski definition) is 1. The van der Waals surface area contributed by atoms with Crippen LogP contribution >= 0.6 is 23.2 Å². The minimum atomic E-state index is -3.73. The lowest BCUT2D eigenvalue weighted by atomic mass is 10.2. The molecule has 1 amide bonds. The molecule has 0 aliphatic carbocycles. The molecule has 0 unspecified atom stereocenters. The zero-order chi connectivity index (χ0) is 20.9. The first-order valence-corrected chi connectivity index (χ1v) is 11.5. The number of sulfonamides is 1. The third-order valence-corrected chi connectivity index (χ3v) is 7.30. The molecule has 0 spiro atoms. The third-order valence-electron chi connectivity index (χ3n) is 4.61. The van der Waals surface area contributed by atoms with E-state index in [1.165, 1.54) is 22.5 Å². The summed E-state index contributed by atoms with van der Waals surface area (Å²) in [6.45, 7) is 1.39. The molecule has 6 nitrogen and oxygen atoms in total. The highest BCUT2D eigenvalue weighted by atomic mass is 35.5. The maximum atomic E-state index is 12.9. The summed E-state index contributed by atoms with van der Waals surface area (Å²) in [5, 5.41) is 3.30. The number of piperidine rings is 1. The van der Waals surface area contributed by atoms with Gasteiger partial charge in [-0.15, -0.1) is 0 Å². The van der Waals surface area contributed by atoms with Gasteiger partial charge in [-0.3, -0.25) is 4.79 Å². The molecular weight excluding hydrogens is 435 g/mol. The number of ether oxygens (including phenoxy) is 1. The molecule has 1 fully saturated rings. The Morgan fingerprint density at radius 1 is 1.03 bits per heavy atom. The molecule has 1 aliphatic rings. The molecule has 156 valence electrons. The number of nitrogens with zero attached hydrogens (tertiary/aromatic N) is 1. The van der Waals surface area contributed by atoms with Crippen molar-refractivity contribution in [2.45, 2.75) is 24.2 Å². The van der Waals surface area contributed by atoms with Crippen LogP contribution in [0.4, 0.5) is 0 Å². The van der Waals surface area contributed by atoms with Crippen molar-refractivity contribution in [3.8, 4) is 5.75 Å². The van der Waals surface area contributed by atoms with E-state index in [2.05, 4.69) is 5.32 Å². The zero-order valence-corrected chi connectivity index (χ0v) is 18.1. The number of carbonyl (C=O) groups is 1. The Kier molecular flexibility index (Phi) is 7.40. The Morgan fingerprint density at radius 2 is 1.76 bits per heavy atom. The number of para-hydroxylation sites is 1. The zero-order valence-electron chi connectivity index (χ0n) is 15.7. The summed E-state index contributed by atoms with van der Waals surface area (Å²) in [6, 6.07) is 11.3. The molecule has 3 rings (SSSR count). The Labute approximate surface area is 180 Å². The SMILES string of the molecule is O=C(NCCOc1ccccc1Cl)c1ccc(Cl)c(S(=O)(=O)N2CCCCC2)c1. The van der Waals surface area contributed by atoms with E-state index >= 15 is 0 Å². The molecule has 1 N–H and O–H groups in total. The molecule has 1 aliphatic heterocycles. The van der Waals surface area contributed by atoms with Crippen LogP contribution in [-0.2, 0) is 10.0 Å². The Bertz CT molecular complexity index is 976. The van der Waals surface area contributed by atoms with Gasteiger partial charge in [0.1, 0.15) is 17.3 Å². The Balaban J connectivity index is 1.64. The first kappa shape index (κ1) is 21.9. The van der Waals surface area contributed by atoms with Gasteiger partial charge in [0, 0.05) is 18.7 Å².